The first-order chi connectivity index (χ1) is 11.8. The van der Waals surface area contributed by atoms with Crippen LogP contribution in [0, 0.1) is 0 Å². The molecule has 2 fully saturated rings. The molecule has 2 aliphatic rings. The van der Waals surface area contributed by atoms with E-state index >= 15 is 0 Å². The van der Waals surface area contributed by atoms with Crippen LogP contribution < -0.4 is 0 Å². The third kappa shape index (κ3) is 2.84. The number of hydrogen-bond donors (Lipinski definition) is 0. The molecule has 4 rings (SSSR count). The fourth-order valence-electron chi connectivity index (χ4n) is 4.07. The van der Waals surface area contributed by atoms with Crippen LogP contribution in [0.4, 0.5) is 0 Å². The molecular weight excluding hydrogens is 298 g/mol. The molecule has 0 N–H and O–H groups in total. The van der Waals surface area contributed by atoms with Crippen molar-refractivity contribution in [1.29, 1.82) is 0 Å². The largest absolute Gasteiger partial charge is 0.454 e. The monoisotopic (exact) mass is 321 g/mol. The van der Waals surface area contributed by atoms with Crippen LogP contribution in [0.2, 0.25) is 0 Å². The first-order valence-electron chi connectivity index (χ1n) is 8.91. The van der Waals surface area contributed by atoms with Gasteiger partial charge in [0.05, 0.1) is 6.04 Å². The molecule has 3 atom stereocenters. The summed E-state index contributed by atoms with van der Waals surface area (Å²) in [5.74, 6) is -0.0575. The van der Waals surface area contributed by atoms with Gasteiger partial charge in [-0.25, -0.2) is 0 Å². The van der Waals surface area contributed by atoms with Gasteiger partial charge in [-0.15, -0.1) is 0 Å². The lowest BCUT2D eigenvalue weighted by molar-refractivity contribution is -0.175. The summed E-state index contributed by atoms with van der Waals surface area (Å²) in [6, 6.07) is 20.6. The fourth-order valence-corrected chi connectivity index (χ4v) is 4.07. The molecule has 0 radical (unpaired) electrons. The van der Waals surface area contributed by atoms with Crippen molar-refractivity contribution in [3.8, 4) is 0 Å². The van der Waals surface area contributed by atoms with Crippen molar-refractivity contribution < 1.29 is 9.53 Å². The highest BCUT2D eigenvalue weighted by Crippen LogP contribution is 2.43. The molecule has 3 nitrogen and oxygen atoms in total. The van der Waals surface area contributed by atoms with Gasteiger partial charge in [-0.3, -0.25) is 9.69 Å². The molecule has 0 spiro atoms. The van der Waals surface area contributed by atoms with Gasteiger partial charge < -0.3 is 4.74 Å². The number of ether oxygens (including phenoxy) is 1. The van der Waals surface area contributed by atoms with Gasteiger partial charge in [0.15, 0.2) is 0 Å². The third-order valence-corrected chi connectivity index (χ3v) is 5.22. The molecule has 2 heterocycles. The van der Waals surface area contributed by atoms with E-state index in [4.69, 9.17) is 4.74 Å². The fraction of sp³-hybridized carbons (Fsp3) is 0.381. The minimum Gasteiger partial charge on any atom is -0.454 e. The van der Waals surface area contributed by atoms with Crippen molar-refractivity contribution in [3.63, 3.8) is 0 Å². The van der Waals surface area contributed by atoms with E-state index in [1.54, 1.807) is 0 Å². The number of carbonyl (C=O) groups is 1. The van der Waals surface area contributed by atoms with Gasteiger partial charge in [-0.05, 0) is 30.5 Å². The molecular formula is C21H23NO2. The number of nitrogens with zero attached hydrogens (tertiary/aromatic N) is 1. The predicted molar refractivity (Wildman–Crippen MR) is 93.4 cm³/mol. The van der Waals surface area contributed by atoms with E-state index in [0.717, 1.165) is 31.4 Å². The Kier molecular flexibility index (Phi) is 4.35. The highest BCUT2D eigenvalue weighted by molar-refractivity contribution is 5.77. The van der Waals surface area contributed by atoms with Gasteiger partial charge in [-0.2, -0.15) is 0 Å². The molecule has 124 valence electrons. The van der Waals surface area contributed by atoms with Crippen LogP contribution in [-0.2, 0) is 9.53 Å². The quantitative estimate of drug-likeness (QED) is 0.774. The summed E-state index contributed by atoms with van der Waals surface area (Å²) >= 11 is 0. The average molecular weight is 321 g/mol. The number of rotatable bonds is 2. The second kappa shape index (κ2) is 6.78. The van der Waals surface area contributed by atoms with E-state index in [1.165, 1.54) is 12.0 Å². The van der Waals surface area contributed by atoms with Crippen molar-refractivity contribution in [2.75, 3.05) is 6.54 Å². The normalized spacial score (nSPS) is 27.8. The molecule has 3 heteroatoms. The molecule has 2 aromatic rings. The molecule has 0 amide bonds. The Morgan fingerprint density at radius 3 is 2.21 bits per heavy atom. The van der Waals surface area contributed by atoms with E-state index < -0.39 is 0 Å². The molecule has 2 aromatic carbocycles. The van der Waals surface area contributed by atoms with Crippen LogP contribution in [-0.4, -0.2) is 23.5 Å². The summed E-state index contributed by atoms with van der Waals surface area (Å²) in [6.07, 6.45) is 4.11. The van der Waals surface area contributed by atoms with Crippen LogP contribution in [0.15, 0.2) is 60.7 Å². The van der Waals surface area contributed by atoms with E-state index in [2.05, 4.69) is 41.3 Å². The maximum atomic E-state index is 12.7. The SMILES string of the molecule is O=C1O[C@H](c2ccccc2)[C@H](c2ccccc2)N2CCCCC[C@@H]12. The number of morpholine rings is 1. The van der Waals surface area contributed by atoms with Crippen molar-refractivity contribution in [1.82, 2.24) is 4.90 Å². The maximum Gasteiger partial charge on any atom is 0.324 e. The molecule has 24 heavy (non-hydrogen) atoms. The van der Waals surface area contributed by atoms with Crippen molar-refractivity contribution >= 4 is 5.97 Å². The van der Waals surface area contributed by atoms with Gasteiger partial charge in [0.1, 0.15) is 12.1 Å². The molecule has 2 saturated heterocycles. The molecule has 0 aliphatic carbocycles. The Labute approximate surface area is 143 Å². The minimum atomic E-state index is -0.240. The van der Waals surface area contributed by atoms with Gasteiger partial charge >= 0.3 is 5.97 Å². The van der Waals surface area contributed by atoms with E-state index in [1.807, 2.05) is 24.3 Å². The Balaban J connectivity index is 1.78. The van der Waals surface area contributed by atoms with Crippen LogP contribution in [0.3, 0.4) is 0 Å². The van der Waals surface area contributed by atoms with E-state index in [0.29, 0.717) is 0 Å². The lowest BCUT2D eigenvalue weighted by atomic mass is 9.90. The summed E-state index contributed by atoms with van der Waals surface area (Å²) in [5, 5.41) is 0. The third-order valence-electron chi connectivity index (χ3n) is 5.22. The lowest BCUT2D eigenvalue weighted by Gasteiger charge is -2.44. The summed E-state index contributed by atoms with van der Waals surface area (Å²) in [4.78, 5) is 15.1. The van der Waals surface area contributed by atoms with Crippen LogP contribution in [0.1, 0.15) is 49.0 Å². The molecule has 0 unspecified atom stereocenters. The Hall–Kier alpha value is -2.13. The Morgan fingerprint density at radius 2 is 1.50 bits per heavy atom. The zero-order valence-electron chi connectivity index (χ0n) is 13.8. The first-order valence-corrected chi connectivity index (χ1v) is 8.91. The summed E-state index contributed by atoms with van der Waals surface area (Å²) in [5.41, 5.74) is 2.30. The van der Waals surface area contributed by atoms with Crippen LogP contribution >= 0.6 is 0 Å². The summed E-state index contributed by atoms with van der Waals surface area (Å²) in [7, 11) is 0. The van der Waals surface area contributed by atoms with E-state index in [-0.39, 0.29) is 24.2 Å². The molecule has 0 saturated carbocycles. The second-order valence-electron chi connectivity index (χ2n) is 6.73. The molecule has 2 aliphatic heterocycles. The molecule has 0 aromatic heterocycles. The zero-order valence-corrected chi connectivity index (χ0v) is 13.8. The lowest BCUT2D eigenvalue weighted by Crippen LogP contribution is -2.51. The number of carbonyl (C=O) groups excluding carboxylic acids is 1. The van der Waals surface area contributed by atoms with Crippen molar-refractivity contribution in [2.45, 2.75) is 43.9 Å². The Bertz CT molecular complexity index is 685. The van der Waals surface area contributed by atoms with Crippen molar-refractivity contribution in [3.05, 3.63) is 71.8 Å². The van der Waals surface area contributed by atoms with Crippen LogP contribution in [0.5, 0.6) is 0 Å². The number of fused-ring (bicyclic) bond motifs is 1. The smallest absolute Gasteiger partial charge is 0.324 e. The minimum absolute atomic E-state index is 0.0575. The first kappa shape index (κ1) is 15.4. The van der Waals surface area contributed by atoms with Crippen molar-refractivity contribution in [2.24, 2.45) is 0 Å². The highest BCUT2D eigenvalue weighted by Gasteiger charge is 2.45. The molecule has 0 bridgehead atoms. The van der Waals surface area contributed by atoms with Gasteiger partial charge in [0.2, 0.25) is 0 Å². The zero-order chi connectivity index (χ0) is 16.4. The topological polar surface area (TPSA) is 29.5 Å². The van der Waals surface area contributed by atoms with Crippen LogP contribution in [0.25, 0.3) is 0 Å². The second-order valence-corrected chi connectivity index (χ2v) is 6.73. The van der Waals surface area contributed by atoms with E-state index in [9.17, 15) is 4.79 Å². The average Bonchev–Trinajstić information content (AvgIpc) is 2.89. The number of benzene rings is 2. The highest BCUT2D eigenvalue weighted by atomic mass is 16.6. The predicted octanol–water partition coefficient (Wildman–Crippen LogP) is 4.27. The van der Waals surface area contributed by atoms with Gasteiger partial charge in [0.25, 0.3) is 0 Å². The maximum absolute atomic E-state index is 12.7. The number of esters is 1. The van der Waals surface area contributed by atoms with Gasteiger partial charge in [0, 0.05) is 0 Å². The van der Waals surface area contributed by atoms with Gasteiger partial charge in [-0.1, -0.05) is 73.5 Å². The number of hydrogen-bond acceptors (Lipinski definition) is 3. The summed E-state index contributed by atoms with van der Waals surface area (Å²) in [6.45, 7) is 0.961. The summed E-state index contributed by atoms with van der Waals surface area (Å²) < 4.78 is 5.98. The standard InChI is InChI=1S/C21H23NO2/c23-21-18-14-8-3-9-15-22(18)19(16-10-4-1-5-11-16)20(24-21)17-12-6-2-7-13-17/h1-2,4-7,10-13,18-20H,3,8-9,14-15H2/t18-,19-,20+/m0/s1. The Morgan fingerprint density at radius 1 is 0.833 bits per heavy atom. The number of cyclic esters (lactones) is 1.